The number of esters is 1. The Hall–Kier alpha value is -1.55. The van der Waals surface area contributed by atoms with E-state index in [9.17, 15) is 9.90 Å². The van der Waals surface area contributed by atoms with Crippen LogP contribution in [0.2, 0.25) is 0 Å². The molecule has 2 fully saturated rings. The summed E-state index contributed by atoms with van der Waals surface area (Å²) < 4.78 is 5.34. The third kappa shape index (κ3) is 2.95. The zero-order chi connectivity index (χ0) is 18.4. The molecule has 1 saturated heterocycles. The monoisotopic (exact) mass is 345 g/mol. The first-order valence-corrected chi connectivity index (χ1v) is 9.50. The minimum atomic E-state index is -0.390. The number of likely N-dealkylation sites (tertiary alicyclic amines) is 1. The summed E-state index contributed by atoms with van der Waals surface area (Å²) in [6.45, 7) is 8.88. The predicted molar refractivity (Wildman–Crippen MR) is 99.2 cm³/mol. The molecule has 1 saturated carbocycles. The van der Waals surface area contributed by atoms with Gasteiger partial charge in [-0.1, -0.05) is 12.8 Å². The van der Waals surface area contributed by atoms with E-state index in [2.05, 4.69) is 25.8 Å². The van der Waals surface area contributed by atoms with Crippen LogP contribution in [0.5, 0.6) is 11.5 Å². The van der Waals surface area contributed by atoms with Crippen molar-refractivity contribution in [3.63, 3.8) is 0 Å². The molecule has 138 valence electrons. The van der Waals surface area contributed by atoms with Crippen LogP contribution in [0.1, 0.15) is 62.6 Å². The molecule has 3 atom stereocenters. The first-order valence-electron chi connectivity index (χ1n) is 9.50. The number of benzene rings is 1. The molecule has 4 heteroatoms. The van der Waals surface area contributed by atoms with Gasteiger partial charge in [-0.25, -0.2) is 0 Å². The highest BCUT2D eigenvalue weighted by molar-refractivity contribution is 5.71. The van der Waals surface area contributed by atoms with Crippen molar-refractivity contribution in [2.75, 3.05) is 13.6 Å². The lowest BCUT2D eigenvalue weighted by Gasteiger charge is -2.54. The molecule has 2 aliphatic rings. The first kappa shape index (κ1) is 18.2. The number of carbonyl (C=O) groups is 1. The number of phenolic OH excluding ortho intramolecular Hbond substituents is 1. The molecule has 0 spiro atoms. The molecular weight excluding hydrogens is 314 g/mol. The Morgan fingerprint density at radius 1 is 1.32 bits per heavy atom. The summed E-state index contributed by atoms with van der Waals surface area (Å²) in [4.78, 5) is 13.9. The summed E-state index contributed by atoms with van der Waals surface area (Å²) in [7, 11) is 2.20. The minimum Gasteiger partial charge on any atom is -0.504 e. The molecule has 3 rings (SSSR count). The molecule has 0 radical (unpaired) electrons. The van der Waals surface area contributed by atoms with E-state index in [1.807, 2.05) is 6.92 Å². The highest BCUT2D eigenvalue weighted by Crippen LogP contribution is 2.55. The van der Waals surface area contributed by atoms with Crippen molar-refractivity contribution in [2.24, 2.45) is 5.92 Å². The van der Waals surface area contributed by atoms with Gasteiger partial charge in [-0.05, 0) is 76.7 Å². The van der Waals surface area contributed by atoms with Crippen LogP contribution in [0.3, 0.4) is 0 Å². The second-order valence-electron chi connectivity index (χ2n) is 8.11. The van der Waals surface area contributed by atoms with Gasteiger partial charge in [-0.3, -0.25) is 4.79 Å². The van der Waals surface area contributed by atoms with E-state index in [0.717, 1.165) is 36.1 Å². The lowest BCUT2D eigenvalue weighted by Crippen LogP contribution is -2.55. The van der Waals surface area contributed by atoms with Crippen molar-refractivity contribution >= 4 is 5.97 Å². The van der Waals surface area contributed by atoms with Gasteiger partial charge in [-0.2, -0.15) is 0 Å². The van der Waals surface area contributed by atoms with Gasteiger partial charge in [0.15, 0.2) is 11.5 Å². The Kier molecular flexibility index (Phi) is 4.84. The number of carbonyl (C=O) groups excluding carboxylic acids is 1. The van der Waals surface area contributed by atoms with E-state index in [1.165, 1.54) is 26.2 Å². The van der Waals surface area contributed by atoms with E-state index in [-0.39, 0.29) is 17.1 Å². The van der Waals surface area contributed by atoms with Gasteiger partial charge in [0.25, 0.3) is 0 Å². The van der Waals surface area contributed by atoms with Crippen molar-refractivity contribution in [1.82, 2.24) is 4.90 Å². The lowest BCUT2D eigenvalue weighted by atomic mass is 9.56. The average Bonchev–Trinajstić information content (AvgIpc) is 2.56. The number of fused-ring (bicyclic) bond motifs is 1. The summed E-state index contributed by atoms with van der Waals surface area (Å²) in [6, 6.07) is 2.29. The largest absolute Gasteiger partial charge is 0.504 e. The van der Waals surface area contributed by atoms with Crippen LogP contribution < -0.4 is 4.74 Å². The topological polar surface area (TPSA) is 49.8 Å². The van der Waals surface area contributed by atoms with Crippen LogP contribution in [-0.2, 0) is 10.2 Å². The van der Waals surface area contributed by atoms with Crippen LogP contribution >= 0.6 is 0 Å². The summed E-state index contributed by atoms with van der Waals surface area (Å²) in [6.07, 6.45) is 5.81. The summed E-state index contributed by atoms with van der Waals surface area (Å²) >= 11 is 0. The predicted octanol–water partition coefficient (Wildman–Crippen LogP) is 4.09. The molecule has 0 aromatic heterocycles. The maximum absolute atomic E-state index is 11.5. The van der Waals surface area contributed by atoms with E-state index < -0.39 is 0 Å². The van der Waals surface area contributed by atoms with Crippen LogP contribution in [-0.4, -0.2) is 35.6 Å². The Labute approximate surface area is 151 Å². The number of hydrogen-bond acceptors (Lipinski definition) is 4. The molecule has 1 aromatic carbocycles. The molecule has 0 amide bonds. The van der Waals surface area contributed by atoms with Crippen molar-refractivity contribution in [3.05, 3.63) is 22.8 Å². The Morgan fingerprint density at radius 3 is 2.72 bits per heavy atom. The second kappa shape index (κ2) is 6.64. The standard InChI is InChI=1S/C21H31NO3/c1-13-12-18(25-16(4)23)20(24)19(14(13)2)21-9-7-6-8-17(21)15(3)22(5)11-10-21/h12,15,17,24H,6-11H2,1-5H3. The molecule has 0 bridgehead atoms. The van der Waals surface area contributed by atoms with Gasteiger partial charge in [0.1, 0.15) is 0 Å². The molecule has 1 N–H and O–H groups in total. The summed E-state index contributed by atoms with van der Waals surface area (Å²) in [5.74, 6) is 0.633. The van der Waals surface area contributed by atoms with E-state index in [0.29, 0.717) is 17.7 Å². The van der Waals surface area contributed by atoms with Gasteiger partial charge >= 0.3 is 5.97 Å². The normalized spacial score (nSPS) is 30.0. The van der Waals surface area contributed by atoms with Gasteiger partial charge in [0, 0.05) is 23.9 Å². The SMILES string of the molecule is CC(=O)Oc1cc(C)c(C)c(C23CCCCC2C(C)N(C)CC3)c1O. The molecule has 4 nitrogen and oxygen atoms in total. The highest BCUT2D eigenvalue weighted by Gasteiger charge is 2.50. The van der Waals surface area contributed by atoms with Crippen LogP contribution in [0.4, 0.5) is 0 Å². The minimum absolute atomic E-state index is 0.0146. The molecule has 1 aromatic rings. The van der Waals surface area contributed by atoms with E-state index >= 15 is 0 Å². The first-order chi connectivity index (χ1) is 11.8. The van der Waals surface area contributed by atoms with Crippen LogP contribution in [0, 0.1) is 19.8 Å². The maximum atomic E-state index is 11.5. The Morgan fingerprint density at radius 2 is 2.04 bits per heavy atom. The molecule has 3 unspecified atom stereocenters. The van der Waals surface area contributed by atoms with E-state index in [4.69, 9.17) is 4.74 Å². The molecule has 25 heavy (non-hydrogen) atoms. The zero-order valence-corrected chi connectivity index (χ0v) is 16.2. The maximum Gasteiger partial charge on any atom is 0.308 e. The molecule has 1 aliphatic carbocycles. The number of aromatic hydroxyl groups is 1. The van der Waals surface area contributed by atoms with E-state index in [1.54, 1.807) is 6.07 Å². The van der Waals surface area contributed by atoms with Gasteiger partial charge in [0.2, 0.25) is 0 Å². The summed E-state index contributed by atoms with van der Waals surface area (Å²) in [5, 5.41) is 11.1. The van der Waals surface area contributed by atoms with Crippen molar-refractivity contribution in [1.29, 1.82) is 0 Å². The smallest absolute Gasteiger partial charge is 0.308 e. The Balaban J connectivity index is 2.18. The van der Waals surface area contributed by atoms with Gasteiger partial charge < -0.3 is 14.7 Å². The molecule has 1 heterocycles. The zero-order valence-electron chi connectivity index (χ0n) is 16.2. The number of nitrogens with zero attached hydrogens (tertiary/aromatic N) is 1. The number of aryl methyl sites for hydroxylation is 1. The number of phenols is 1. The second-order valence-corrected chi connectivity index (χ2v) is 8.11. The van der Waals surface area contributed by atoms with Crippen LogP contribution in [0.25, 0.3) is 0 Å². The number of piperidine rings is 1. The van der Waals surface area contributed by atoms with Crippen LogP contribution in [0.15, 0.2) is 6.07 Å². The molecular formula is C21H31NO3. The highest BCUT2D eigenvalue weighted by atomic mass is 16.5. The quantitative estimate of drug-likeness (QED) is 0.648. The number of hydrogen-bond donors (Lipinski definition) is 1. The van der Waals surface area contributed by atoms with Crippen molar-refractivity contribution < 1.29 is 14.6 Å². The third-order valence-corrected chi connectivity index (χ3v) is 6.82. The van der Waals surface area contributed by atoms with Gasteiger partial charge in [0.05, 0.1) is 0 Å². The average molecular weight is 345 g/mol. The fourth-order valence-electron chi connectivity index (χ4n) is 5.31. The van der Waals surface area contributed by atoms with Crippen molar-refractivity contribution in [2.45, 2.75) is 71.3 Å². The lowest BCUT2D eigenvalue weighted by molar-refractivity contribution is -0.132. The number of rotatable bonds is 2. The molecule has 1 aliphatic heterocycles. The number of ether oxygens (including phenoxy) is 1. The fourth-order valence-corrected chi connectivity index (χ4v) is 5.31. The summed E-state index contributed by atoms with van der Waals surface area (Å²) in [5.41, 5.74) is 3.25. The third-order valence-electron chi connectivity index (χ3n) is 6.82. The van der Waals surface area contributed by atoms with Gasteiger partial charge in [-0.15, -0.1) is 0 Å². The van der Waals surface area contributed by atoms with Crippen molar-refractivity contribution in [3.8, 4) is 11.5 Å². The fraction of sp³-hybridized carbons (Fsp3) is 0.667. The Bertz CT molecular complexity index is 684.